The lowest BCUT2D eigenvalue weighted by molar-refractivity contribution is -0.122. The van der Waals surface area contributed by atoms with Gasteiger partial charge in [-0.15, -0.1) is 23.1 Å². The number of amides is 2. The molecule has 142 valence electrons. The summed E-state index contributed by atoms with van der Waals surface area (Å²) < 4.78 is 5.55. The molecule has 5 nitrogen and oxygen atoms in total. The van der Waals surface area contributed by atoms with Crippen molar-refractivity contribution in [1.82, 2.24) is 0 Å². The van der Waals surface area contributed by atoms with Crippen LogP contribution < -0.4 is 15.4 Å². The molecule has 7 heteroatoms. The lowest BCUT2D eigenvalue weighted by atomic mass is 10.2. The van der Waals surface area contributed by atoms with E-state index in [1.165, 1.54) is 4.88 Å². The lowest BCUT2D eigenvalue weighted by Gasteiger charge is -2.23. The highest BCUT2D eigenvalue weighted by atomic mass is 32.2. The van der Waals surface area contributed by atoms with Crippen LogP contribution in [0.1, 0.15) is 22.2 Å². The maximum absolute atomic E-state index is 12.8. The van der Waals surface area contributed by atoms with E-state index < -0.39 is 6.10 Å². The third-order valence-corrected chi connectivity index (χ3v) is 6.43. The maximum Gasteiger partial charge on any atom is 0.265 e. The first kappa shape index (κ1) is 18.6. The number of ether oxygens (including phenoxy) is 1. The average Bonchev–Trinajstić information content (AvgIpc) is 3.21. The molecule has 0 unspecified atom stereocenters. The number of rotatable bonds is 5. The summed E-state index contributed by atoms with van der Waals surface area (Å²) in [4.78, 5) is 26.8. The van der Waals surface area contributed by atoms with Crippen LogP contribution in [0, 0.1) is 0 Å². The van der Waals surface area contributed by atoms with E-state index in [4.69, 9.17) is 4.74 Å². The van der Waals surface area contributed by atoms with Gasteiger partial charge in [-0.1, -0.05) is 18.2 Å². The molecule has 1 aliphatic rings. The van der Waals surface area contributed by atoms with Gasteiger partial charge in [0.05, 0.1) is 11.3 Å². The van der Waals surface area contributed by atoms with E-state index in [0.717, 1.165) is 10.6 Å². The maximum atomic E-state index is 12.8. The molecule has 0 radical (unpaired) electrons. The predicted octanol–water partition coefficient (Wildman–Crippen LogP) is 5.01. The standard InChI is InChI=1S/C21H18N2O3S2/c1-13-20(24)23-17-11-14(8-9-18(17)26-13)22-21(25)16-6-2-3-7-19(16)28-12-15-5-4-10-27-15/h2-11,13H,12H2,1H3,(H,22,25)(H,23,24)/t13-/m0/s1. The van der Waals surface area contributed by atoms with E-state index in [1.807, 2.05) is 35.7 Å². The van der Waals surface area contributed by atoms with E-state index >= 15 is 0 Å². The molecule has 0 saturated carbocycles. The Hall–Kier alpha value is -2.77. The van der Waals surface area contributed by atoms with Crippen molar-refractivity contribution < 1.29 is 14.3 Å². The van der Waals surface area contributed by atoms with E-state index in [2.05, 4.69) is 16.7 Å². The molecule has 3 aromatic rings. The van der Waals surface area contributed by atoms with Crippen LogP contribution in [0.3, 0.4) is 0 Å². The van der Waals surface area contributed by atoms with Crippen molar-refractivity contribution in [2.75, 3.05) is 10.6 Å². The number of anilines is 2. The Labute approximate surface area is 171 Å². The van der Waals surface area contributed by atoms with Crippen LogP contribution in [0.4, 0.5) is 11.4 Å². The van der Waals surface area contributed by atoms with Gasteiger partial charge < -0.3 is 15.4 Å². The van der Waals surface area contributed by atoms with Gasteiger partial charge in [0, 0.05) is 21.2 Å². The molecule has 4 rings (SSSR count). The van der Waals surface area contributed by atoms with Crippen molar-refractivity contribution in [2.45, 2.75) is 23.7 Å². The summed E-state index contributed by atoms with van der Waals surface area (Å²) >= 11 is 3.34. The normalized spacial score (nSPS) is 15.3. The molecule has 2 aromatic carbocycles. The van der Waals surface area contributed by atoms with Crippen LogP contribution in [-0.4, -0.2) is 17.9 Å². The Morgan fingerprint density at radius 1 is 1.21 bits per heavy atom. The van der Waals surface area contributed by atoms with Gasteiger partial charge >= 0.3 is 0 Å². The zero-order valence-corrected chi connectivity index (χ0v) is 16.7. The number of hydrogen-bond donors (Lipinski definition) is 2. The molecule has 2 heterocycles. The summed E-state index contributed by atoms with van der Waals surface area (Å²) in [5.74, 6) is 1.02. The van der Waals surface area contributed by atoms with E-state index in [0.29, 0.717) is 22.7 Å². The van der Waals surface area contributed by atoms with Crippen LogP contribution in [0.2, 0.25) is 0 Å². The van der Waals surface area contributed by atoms with E-state index in [1.54, 1.807) is 48.2 Å². The molecule has 2 amide bonds. The first-order valence-corrected chi connectivity index (χ1v) is 10.6. The Bertz CT molecular complexity index is 1020. The van der Waals surface area contributed by atoms with Gasteiger partial charge in [0.2, 0.25) is 0 Å². The highest BCUT2D eigenvalue weighted by Gasteiger charge is 2.23. The number of fused-ring (bicyclic) bond motifs is 1. The average molecular weight is 411 g/mol. The van der Waals surface area contributed by atoms with Gasteiger partial charge in [0.15, 0.2) is 6.10 Å². The first-order chi connectivity index (χ1) is 13.6. The fraction of sp³-hybridized carbons (Fsp3) is 0.143. The Morgan fingerprint density at radius 3 is 2.89 bits per heavy atom. The molecule has 0 saturated heterocycles. The van der Waals surface area contributed by atoms with Crippen LogP contribution >= 0.6 is 23.1 Å². The van der Waals surface area contributed by atoms with Crippen molar-refractivity contribution in [3.8, 4) is 5.75 Å². The molecule has 1 aliphatic heterocycles. The smallest absolute Gasteiger partial charge is 0.265 e. The Kier molecular flexibility index (Phi) is 5.36. The summed E-state index contributed by atoms with van der Waals surface area (Å²) in [6, 6.07) is 16.9. The van der Waals surface area contributed by atoms with Crippen LogP contribution in [-0.2, 0) is 10.5 Å². The quantitative estimate of drug-likeness (QED) is 0.580. The molecule has 1 aromatic heterocycles. The minimum Gasteiger partial charge on any atom is -0.479 e. The summed E-state index contributed by atoms with van der Waals surface area (Å²) in [7, 11) is 0. The second-order valence-electron chi connectivity index (χ2n) is 6.28. The highest BCUT2D eigenvalue weighted by molar-refractivity contribution is 7.98. The van der Waals surface area contributed by atoms with Crippen molar-refractivity contribution in [1.29, 1.82) is 0 Å². The van der Waals surface area contributed by atoms with Crippen LogP contribution in [0.5, 0.6) is 5.75 Å². The topological polar surface area (TPSA) is 67.4 Å². The number of benzene rings is 2. The molecular weight excluding hydrogens is 392 g/mol. The Morgan fingerprint density at radius 2 is 2.07 bits per heavy atom. The van der Waals surface area contributed by atoms with E-state index in [9.17, 15) is 9.59 Å². The summed E-state index contributed by atoms with van der Waals surface area (Å²) in [6.45, 7) is 1.69. The molecule has 1 atom stereocenters. The monoisotopic (exact) mass is 410 g/mol. The molecule has 0 fully saturated rings. The zero-order chi connectivity index (χ0) is 19.5. The molecular formula is C21H18N2O3S2. The highest BCUT2D eigenvalue weighted by Crippen LogP contribution is 2.33. The number of carbonyl (C=O) groups is 2. The number of thioether (sulfide) groups is 1. The van der Waals surface area contributed by atoms with Gasteiger partial charge in [0.25, 0.3) is 11.8 Å². The second kappa shape index (κ2) is 8.08. The van der Waals surface area contributed by atoms with Gasteiger partial charge in [-0.25, -0.2) is 0 Å². The SMILES string of the molecule is C[C@@H]1Oc2ccc(NC(=O)c3ccccc3SCc3cccs3)cc2NC1=O. The van der Waals surface area contributed by atoms with Crippen molar-refractivity contribution in [2.24, 2.45) is 0 Å². The predicted molar refractivity (Wildman–Crippen MR) is 113 cm³/mol. The van der Waals surface area contributed by atoms with Gasteiger partial charge in [-0.3, -0.25) is 9.59 Å². The molecule has 0 bridgehead atoms. The van der Waals surface area contributed by atoms with Crippen LogP contribution in [0.25, 0.3) is 0 Å². The minimum atomic E-state index is -0.528. The molecule has 0 aliphatic carbocycles. The summed E-state index contributed by atoms with van der Waals surface area (Å²) in [5, 5.41) is 7.75. The second-order valence-corrected chi connectivity index (χ2v) is 8.33. The van der Waals surface area contributed by atoms with E-state index in [-0.39, 0.29) is 11.8 Å². The fourth-order valence-corrected chi connectivity index (χ4v) is 4.63. The largest absolute Gasteiger partial charge is 0.479 e. The number of carbonyl (C=O) groups excluding carboxylic acids is 2. The number of nitrogens with one attached hydrogen (secondary N) is 2. The summed E-state index contributed by atoms with van der Waals surface area (Å²) in [5.41, 5.74) is 1.78. The molecule has 0 spiro atoms. The van der Waals surface area contributed by atoms with Crippen LogP contribution in [0.15, 0.2) is 64.9 Å². The van der Waals surface area contributed by atoms with Crippen molar-refractivity contribution >= 4 is 46.3 Å². The third kappa shape index (κ3) is 4.05. The van der Waals surface area contributed by atoms with Crippen molar-refractivity contribution in [3.63, 3.8) is 0 Å². The van der Waals surface area contributed by atoms with Gasteiger partial charge in [-0.05, 0) is 48.7 Å². The Balaban J connectivity index is 1.50. The summed E-state index contributed by atoms with van der Waals surface area (Å²) in [6.07, 6.45) is -0.528. The first-order valence-electron chi connectivity index (χ1n) is 8.77. The lowest BCUT2D eigenvalue weighted by Crippen LogP contribution is -2.34. The number of hydrogen-bond acceptors (Lipinski definition) is 5. The molecule has 28 heavy (non-hydrogen) atoms. The van der Waals surface area contributed by atoms with Crippen molar-refractivity contribution in [3.05, 3.63) is 70.4 Å². The van der Waals surface area contributed by atoms with Gasteiger partial charge in [0.1, 0.15) is 5.75 Å². The molecule has 2 N–H and O–H groups in total. The zero-order valence-electron chi connectivity index (χ0n) is 15.1. The fourth-order valence-electron chi connectivity index (χ4n) is 2.81. The number of thiophene rings is 1. The third-order valence-electron chi connectivity index (χ3n) is 4.25. The minimum absolute atomic E-state index is 0.189. The van der Waals surface area contributed by atoms with Gasteiger partial charge in [-0.2, -0.15) is 0 Å².